The van der Waals surface area contributed by atoms with Gasteiger partial charge in [0.2, 0.25) is 11.8 Å². The van der Waals surface area contributed by atoms with Crippen LogP contribution >= 0.6 is 0 Å². The average Bonchev–Trinajstić information content (AvgIpc) is 3.88. The van der Waals surface area contributed by atoms with Crippen molar-refractivity contribution in [3.8, 4) is 5.69 Å². The van der Waals surface area contributed by atoms with Gasteiger partial charge in [-0.3, -0.25) is 9.59 Å². The van der Waals surface area contributed by atoms with Crippen molar-refractivity contribution in [2.45, 2.75) is 51.1 Å². The van der Waals surface area contributed by atoms with E-state index in [-0.39, 0.29) is 35.6 Å². The molecule has 2 heterocycles. The summed E-state index contributed by atoms with van der Waals surface area (Å²) in [5, 5.41) is 8.79. The zero-order chi connectivity index (χ0) is 26.7. The zero-order valence-corrected chi connectivity index (χ0v) is 21.9. The highest BCUT2D eigenvalue weighted by atomic mass is 19.1. The molecule has 0 radical (unpaired) electrons. The van der Waals surface area contributed by atoms with Crippen LogP contribution in [0.3, 0.4) is 0 Å². The highest BCUT2D eigenvalue weighted by Crippen LogP contribution is 2.53. The monoisotopic (exact) mass is 522 g/mol. The lowest BCUT2D eigenvalue weighted by molar-refractivity contribution is -0.127. The van der Waals surface area contributed by atoms with Crippen LogP contribution in [-0.2, 0) is 9.59 Å². The van der Waals surface area contributed by atoms with Gasteiger partial charge in [-0.25, -0.2) is 9.07 Å². The molecule has 1 N–H and O–H groups in total. The van der Waals surface area contributed by atoms with Crippen LogP contribution in [0.15, 0.2) is 79.0 Å². The van der Waals surface area contributed by atoms with Gasteiger partial charge in [0.1, 0.15) is 5.82 Å². The summed E-state index contributed by atoms with van der Waals surface area (Å²) < 4.78 is 15.3. The summed E-state index contributed by atoms with van der Waals surface area (Å²) in [4.78, 5) is 29.5. The molecule has 3 aromatic carbocycles. The summed E-state index contributed by atoms with van der Waals surface area (Å²) in [6, 6.07) is 21.5. The molecule has 1 saturated heterocycles. The maximum atomic E-state index is 14.5. The van der Waals surface area contributed by atoms with Crippen molar-refractivity contribution in [2.24, 2.45) is 17.3 Å². The van der Waals surface area contributed by atoms with Crippen molar-refractivity contribution < 1.29 is 14.0 Å². The third-order valence-corrected chi connectivity index (χ3v) is 8.69. The van der Waals surface area contributed by atoms with Crippen molar-refractivity contribution in [1.29, 1.82) is 0 Å². The topological polar surface area (TPSA) is 67.2 Å². The van der Waals surface area contributed by atoms with Crippen LogP contribution in [0.4, 0.5) is 10.1 Å². The average molecular weight is 523 g/mol. The molecule has 1 aliphatic heterocycles. The Bertz CT molecular complexity index is 1560. The number of amides is 2. The van der Waals surface area contributed by atoms with E-state index in [1.807, 2.05) is 48.2 Å². The van der Waals surface area contributed by atoms with E-state index in [0.717, 1.165) is 59.9 Å². The predicted octanol–water partition coefficient (Wildman–Crippen LogP) is 5.95. The van der Waals surface area contributed by atoms with Gasteiger partial charge in [-0.15, -0.1) is 0 Å². The maximum absolute atomic E-state index is 14.5. The third-order valence-electron chi connectivity index (χ3n) is 8.69. The highest BCUT2D eigenvalue weighted by molar-refractivity contribution is 6.04. The quantitative estimate of drug-likeness (QED) is 0.326. The van der Waals surface area contributed by atoms with E-state index in [4.69, 9.17) is 0 Å². The molecule has 3 unspecified atom stereocenters. The Hall–Kier alpha value is -4.00. The molecule has 2 amide bonds. The Balaban J connectivity index is 1.33. The number of hydrogen-bond acceptors (Lipinski definition) is 3. The van der Waals surface area contributed by atoms with E-state index in [1.54, 1.807) is 23.0 Å². The molecule has 3 fully saturated rings. The van der Waals surface area contributed by atoms with Gasteiger partial charge >= 0.3 is 0 Å². The molecular formula is C32H31FN4O2. The van der Waals surface area contributed by atoms with E-state index in [1.165, 1.54) is 12.1 Å². The number of fused-ring (bicyclic) bond motifs is 1. The van der Waals surface area contributed by atoms with Crippen molar-refractivity contribution in [3.05, 3.63) is 90.4 Å². The van der Waals surface area contributed by atoms with Gasteiger partial charge in [0.25, 0.3) is 0 Å². The Kier molecular flexibility index (Phi) is 5.58. The van der Waals surface area contributed by atoms with Gasteiger partial charge in [0.05, 0.1) is 34.9 Å². The van der Waals surface area contributed by atoms with Crippen LogP contribution in [0.1, 0.15) is 50.6 Å². The lowest BCUT2D eigenvalue weighted by Crippen LogP contribution is -2.48. The normalized spacial score (nSPS) is 24.9. The molecule has 6 nitrogen and oxygen atoms in total. The van der Waals surface area contributed by atoms with Crippen LogP contribution in [0.5, 0.6) is 0 Å². The van der Waals surface area contributed by atoms with E-state index < -0.39 is 5.41 Å². The number of anilines is 1. The first kappa shape index (κ1) is 24.1. The summed E-state index contributed by atoms with van der Waals surface area (Å²) in [6.45, 7) is 2.05. The largest absolute Gasteiger partial charge is 0.350 e. The smallest absolute Gasteiger partial charge is 0.235 e. The standard InChI is InChI=1S/C32H31FN4O2/c1-32(18-20-7-8-20)29(35-30(38)22-9-10-22)28(21-5-3-2-4-6-21)36(31(32)39)26-15-16-27-23(17-26)19-34-37(27)25-13-11-24(33)12-14-25/h2-6,11-17,19-20,22,28-29H,7-10,18H2,1H3,(H,35,38). The fourth-order valence-corrected chi connectivity index (χ4v) is 6.25. The van der Waals surface area contributed by atoms with Crippen molar-refractivity contribution in [3.63, 3.8) is 0 Å². The summed E-state index contributed by atoms with van der Waals surface area (Å²) in [7, 11) is 0. The van der Waals surface area contributed by atoms with Gasteiger partial charge in [-0.1, -0.05) is 43.2 Å². The number of carbonyl (C=O) groups is 2. The minimum atomic E-state index is -0.709. The van der Waals surface area contributed by atoms with Gasteiger partial charge in [0, 0.05) is 17.0 Å². The van der Waals surface area contributed by atoms with Gasteiger partial charge in [-0.2, -0.15) is 5.10 Å². The molecule has 4 aromatic rings. The number of carbonyl (C=O) groups excluding carboxylic acids is 2. The summed E-state index contributed by atoms with van der Waals surface area (Å²) in [6.07, 6.45) is 6.65. The van der Waals surface area contributed by atoms with Crippen LogP contribution in [-0.4, -0.2) is 27.6 Å². The zero-order valence-electron chi connectivity index (χ0n) is 21.9. The molecule has 3 atom stereocenters. The Morgan fingerprint density at radius 1 is 1.00 bits per heavy atom. The van der Waals surface area contributed by atoms with Crippen molar-refractivity contribution in [2.75, 3.05) is 4.90 Å². The SMILES string of the molecule is CC1(CC2CC2)C(=O)N(c2ccc3c(cnn3-c3ccc(F)cc3)c2)C(c2ccccc2)C1NC(=O)C1CC1. The van der Waals surface area contributed by atoms with Crippen LogP contribution < -0.4 is 10.2 Å². The molecule has 3 aliphatic rings. The maximum Gasteiger partial charge on any atom is 0.235 e. The lowest BCUT2D eigenvalue weighted by Gasteiger charge is -2.32. The van der Waals surface area contributed by atoms with Gasteiger partial charge in [0.15, 0.2) is 0 Å². The Morgan fingerprint density at radius 2 is 1.72 bits per heavy atom. The Morgan fingerprint density at radius 3 is 2.41 bits per heavy atom. The van der Waals surface area contributed by atoms with E-state index >= 15 is 0 Å². The number of halogens is 1. The van der Waals surface area contributed by atoms with Gasteiger partial charge < -0.3 is 10.2 Å². The summed E-state index contributed by atoms with van der Waals surface area (Å²) >= 11 is 0. The van der Waals surface area contributed by atoms with Crippen molar-refractivity contribution in [1.82, 2.24) is 15.1 Å². The first-order valence-electron chi connectivity index (χ1n) is 13.8. The molecule has 7 heteroatoms. The van der Waals surface area contributed by atoms with Crippen LogP contribution in [0.25, 0.3) is 16.6 Å². The first-order valence-corrected chi connectivity index (χ1v) is 13.8. The molecular weight excluding hydrogens is 491 g/mol. The second kappa shape index (κ2) is 9.04. The molecule has 2 saturated carbocycles. The molecule has 0 spiro atoms. The minimum absolute atomic E-state index is 0.0506. The molecule has 0 bridgehead atoms. The molecule has 39 heavy (non-hydrogen) atoms. The van der Waals surface area contributed by atoms with E-state index in [9.17, 15) is 14.0 Å². The lowest BCUT2D eigenvalue weighted by atomic mass is 9.76. The molecule has 1 aromatic heterocycles. The predicted molar refractivity (Wildman–Crippen MR) is 148 cm³/mol. The van der Waals surface area contributed by atoms with E-state index in [2.05, 4.69) is 22.5 Å². The Labute approximate surface area is 226 Å². The number of nitrogens with zero attached hydrogens (tertiary/aromatic N) is 3. The second-order valence-electron chi connectivity index (χ2n) is 11.6. The van der Waals surface area contributed by atoms with Crippen molar-refractivity contribution >= 4 is 28.4 Å². The highest BCUT2D eigenvalue weighted by Gasteiger charge is 2.59. The van der Waals surface area contributed by atoms with Crippen LogP contribution in [0.2, 0.25) is 0 Å². The van der Waals surface area contributed by atoms with E-state index in [0.29, 0.717) is 5.92 Å². The summed E-state index contributed by atoms with van der Waals surface area (Å²) in [5.41, 5.74) is 2.71. The molecule has 7 rings (SSSR count). The van der Waals surface area contributed by atoms with Gasteiger partial charge in [-0.05, 0) is 80.1 Å². The number of rotatable bonds is 7. The molecule has 2 aliphatic carbocycles. The number of hydrogen-bond donors (Lipinski definition) is 1. The fraction of sp³-hybridized carbons (Fsp3) is 0.344. The molecule has 198 valence electrons. The number of benzene rings is 3. The third kappa shape index (κ3) is 4.20. The fourth-order valence-electron chi connectivity index (χ4n) is 6.25. The minimum Gasteiger partial charge on any atom is -0.350 e. The summed E-state index contributed by atoms with van der Waals surface area (Å²) in [5.74, 6) is 0.398. The second-order valence-corrected chi connectivity index (χ2v) is 11.6. The van der Waals surface area contributed by atoms with Crippen LogP contribution in [0, 0.1) is 23.1 Å². The first-order chi connectivity index (χ1) is 18.9. The number of nitrogens with one attached hydrogen (secondary N) is 1. The number of aromatic nitrogens is 2.